The van der Waals surface area contributed by atoms with Crippen molar-refractivity contribution >= 4 is 11.9 Å². The highest BCUT2D eigenvalue weighted by atomic mass is 16.3. The first kappa shape index (κ1) is 12.6. The molecule has 0 saturated carbocycles. The molecule has 0 amide bonds. The van der Waals surface area contributed by atoms with E-state index in [2.05, 4.69) is 9.98 Å². The van der Waals surface area contributed by atoms with Crippen LogP contribution in [0.2, 0.25) is 0 Å². The van der Waals surface area contributed by atoms with Crippen LogP contribution in [0.3, 0.4) is 0 Å². The molecule has 19 heavy (non-hydrogen) atoms. The minimum atomic E-state index is -0.719. The highest BCUT2D eigenvalue weighted by Gasteiger charge is 2.09. The van der Waals surface area contributed by atoms with Crippen LogP contribution in [0.1, 0.15) is 5.56 Å². The average Bonchev–Trinajstić information content (AvgIpc) is 2.38. The van der Waals surface area contributed by atoms with E-state index in [0.717, 1.165) is 10.8 Å². The molecular weight excluding hydrogens is 250 g/mol. The van der Waals surface area contributed by atoms with Gasteiger partial charge in [0, 0.05) is 13.3 Å². The van der Waals surface area contributed by atoms with E-state index in [-0.39, 0.29) is 11.3 Å². The number of nitrogens with zero attached hydrogens (tertiary/aromatic N) is 2. The zero-order valence-electron chi connectivity index (χ0n) is 9.99. The summed E-state index contributed by atoms with van der Waals surface area (Å²) >= 11 is 0. The van der Waals surface area contributed by atoms with Crippen LogP contribution in [0.4, 0.5) is 5.69 Å². The Morgan fingerprint density at radius 2 is 1.84 bits per heavy atom. The van der Waals surface area contributed by atoms with Gasteiger partial charge in [-0.05, 0) is 24.3 Å². The molecule has 2 rings (SSSR count). The topological polar surface area (TPSA) is 108 Å². The molecule has 0 aliphatic rings. The number of phenols is 1. The van der Waals surface area contributed by atoms with E-state index in [1.807, 2.05) is 0 Å². The summed E-state index contributed by atoms with van der Waals surface area (Å²) in [6.07, 6.45) is 1.15. The second-order valence-corrected chi connectivity index (χ2v) is 3.83. The summed E-state index contributed by atoms with van der Waals surface area (Å²) in [5.41, 5.74) is -1.05. The number of H-pyrrole nitrogens is 1. The molecule has 98 valence electrons. The summed E-state index contributed by atoms with van der Waals surface area (Å²) in [5.74, 6) is -0.363. The number of hydrogen-bond acceptors (Lipinski definition) is 5. The maximum absolute atomic E-state index is 11.5. The fraction of sp³-hybridized carbons (Fsp3) is 0.0833. The summed E-state index contributed by atoms with van der Waals surface area (Å²) in [4.78, 5) is 28.8. The maximum atomic E-state index is 11.5. The molecule has 7 heteroatoms. The number of aromatic hydroxyl groups is 2. The lowest BCUT2D eigenvalue weighted by molar-refractivity contribution is 0.417. The molecular formula is C12H11N3O4. The molecule has 0 saturated heterocycles. The fourth-order valence-electron chi connectivity index (χ4n) is 1.42. The Balaban J connectivity index is 2.44. The van der Waals surface area contributed by atoms with Gasteiger partial charge < -0.3 is 10.2 Å². The summed E-state index contributed by atoms with van der Waals surface area (Å²) in [5, 5.41) is 18.8. The SMILES string of the molecule is Cn1c(O)c(C=Nc2ccc(O)cc2)c(=O)[nH]c1=O. The lowest BCUT2D eigenvalue weighted by Crippen LogP contribution is -2.30. The first-order chi connectivity index (χ1) is 8.99. The minimum Gasteiger partial charge on any atom is -0.508 e. The first-order valence-electron chi connectivity index (χ1n) is 5.34. The van der Waals surface area contributed by atoms with Gasteiger partial charge in [-0.2, -0.15) is 0 Å². The van der Waals surface area contributed by atoms with Crippen molar-refractivity contribution in [3.05, 3.63) is 50.7 Å². The van der Waals surface area contributed by atoms with Crippen molar-refractivity contribution in [3.8, 4) is 11.6 Å². The van der Waals surface area contributed by atoms with Gasteiger partial charge >= 0.3 is 5.69 Å². The molecule has 1 heterocycles. The van der Waals surface area contributed by atoms with Crippen LogP contribution in [-0.4, -0.2) is 26.0 Å². The predicted octanol–water partition coefficient (Wildman–Crippen LogP) is 0.235. The third-order valence-corrected chi connectivity index (χ3v) is 2.52. The highest BCUT2D eigenvalue weighted by Crippen LogP contribution is 2.16. The minimum absolute atomic E-state index is 0.0988. The number of aromatic nitrogens is 2. The normalized spacial score (nSPS) is 11.0. The molecule has 7 nitrogen and oxygen atoms in total. The first-order valence-corrected chi connectivity index (χ1v) is 5.34. The van der Waals surface area contributed by atoms with Gasteiger partial charge in [-0.1, -0.05) is 0 Å². The van der Waals surface area contributed by atoms with Crippen LogP contribution in [0.25, 0.3) is 0 Å². The number of hydrogen-bond donors (Lipinski definition) is 3. The molecule has 3 N–H and O–H groups in total. The second kappa shape index (κ2) is 4.81. The summed E-state index contributed by atoms with van der Waals surface area (Å²) in [6, 6.07) is 5.97. The third kappa shape index (κ3) is 2.54. The summed E-state index contributed by atoms with van der Waals surface area (Å²) < 4.78 is 0.902. The van der Waals surface area contributed by atoms with E-state index in [9.17, 15) is 14.7 Å². The number of rotatable bonds is 2. The lowest BCUT2D eigenvalue weighted by atomic mass is 10.3. The Labute approximate surface area is 107 Å². The van der Waals surface area contributed by atoms with E-state index in [4.69, 9.17) is 5.11 Å². The van der Waals surface area contributed by atoms with Gasteiger partial charge in [-0.3, -0.25) is 19.3 Å². The Morgan fingerprint density at radius 3 is 2.47 bits per heavy atom. The molecule has 0 spiro atoms. The third-order valence-electron chi connectivity index (χ3n) is 2.52. The van der Waals surface area contributed by atoms with E-state index in [1.165, 1.54) is 19.2 Å². The molecule has 0 atom stereocenters. The quantitative estimate of drug-likeness (QED) is 0.673. The van der Waals surface area contributed by atoms with Crippen molar-refractivity contribution in [2.45, 2.75) is 0 Å². The Bertz CT molecular complexity index is 741. The molecule has 0 radical (unpaired) electrons. The zero-order chi connectivity index (χ0) is 14.0. The zero-order valence-corrected chi connectivity index (χ0v) is 9.99. The van der Waals surface area contributed by atoms with E-state index in [0.29, 0.717) is 5.69 Å². The Hall–Kier alpha value is -2.83. The van der Waals surface area contributed by atoms with Crippen LogP contribution >= 0.6 is 0 Å². The fourth-order valence-corrected chi connectivity index (χ4v) is 1.42. The predicted molar refractivity (Wildman–Crippen MR) is 69.3 cm³/mol. The van der Waals surface area contributed by atoms with Crippen molar-refractivity contribution in [3.63, 3.8) is 0 Å². The van der Waals surface area contributed by atoms with Crippen molar-refractivity contribution in [2.75, 3.05) is 0 Å². The number of benzene rings is 1. The lowest BCUT2D eigenvalue weighted by Gasteiger charge is -2.02. The van der Waals surface area contributed by atoms with Crippen LogP contribution in [0, 0.1) is 0 Å². The van der Waals surface area contributed by atoms with E-state index in [1.54, 1.807) is 12.1 Å². The Kier molecular flexibility index (Phi) is 3.19. The average molecular weight is 261 g/mol. The molecule has 2 aromatic rings. The molecule has 0 fully saturated rings. The van der Waals surface area contributed by atoms with Gasteiger partial charge in [-0.25, -0.2) is 4.79 Å². The largest absolute Gasteiger partial charge is 0.508 e. The summed E-state index contributed by atoms with van der Waals surface area (Å²) in [6.45, 7) is 0. The Morgan fingerprint density at radius 1 is 1.21 bits per heavy atom. The number of aliphatic imine (C=N–C) groups is 1. The molecule has 0 unspecified atom stereocenters. The van der Waals surface area contributed by atoms with Crippen molar-refractivity contribution < 1.29 is 10.2 Å². The number of aromatic amines is 1. The molecule has 0 aliphatic carbocycles. The van der Waals surface area contributed by atoms with Crippen LogP contribution in [0.15, 0.2) is 38.8 Å². The number of phenolic OH excluding ortho intramolecular Hbond substituents is 1. The smallest absolute Gasteiger partial charge is 0.330 e. The highest BCUT2D eigenvalue weighted by molar-refractivity contribution is 5.83. The van der Waals surface area contributed by atoms with Crippen molar-refractivity contribution in [1.29, 1.82) is 0 Å². The van der Waals surface area contributed by atoms with Gasteiger partial charge in [0.2, 0.25) is 5.88 Å². The molecule has 1 aromatic heterocycles. The monoisotopic (exact) mass is 261 g/mol. The molecule has 0 bridgehead atoms. The number of nitrogens with one attached hydrogen (secondary N) is 1. The molecule has 1 aromatic carbocycles. The second-order valence-electron chi connectivity index (χ2n) is 3.83. The van der Waals surface area contributed by atoms with Gasteiger partial charge in [-0.15, -0.1) is 0 Å². The van der Waals surface area contributed by atoms with E-state index < -0.39 is 17.1 Å². The van der Waals surface area contributed by atoms with Crippen LogP contribution in [-0.2, 0) is 7.05 Å². The standard InChI is InChI=1S/C12H11N3O4/c1-15-11(18)9(10(17)14-12(15)19)6-13-7-2-4-8(16)5-3-7/h2-6,16,18H,1H3,(H,14,17,19). The maximum Gasteiger partial charge on any atom is 0.330 e. The van der Waals surface area contributed by atoms with Gasteiger partial charge in [0.25, 0.3) is 5.56 Å². The van der Waals surface area contributed by atoms with Crippen LogP contribution in [0.5, 0.6) is 11.6 Å². The van der Waals surface area contributed by atoms with E-state index >= 15 is 0 Å². The van der Waals surface area contributed by atoms with Crippen molar-refractivity contribution in [2.24, 2.45) is 12.0 Å². The van der Waals surface area contributed by atoms with Gasteiger partial charge in [0.05, 0.1) is 5.69 Å². The van der Waals surface area contributed by atoms with Gasteiger partial charge in [0.1, 0.15) is 11.3 Å². The van der Waals surface area contributed by atoms with Gasteiger partial charge in [0.15, 0.2) is 0 Å². The van der Waals surface area contributed by atoms with Crippen LogP contribution < -0.4 is 11.2 Å². The van der Waals surface area contributed by atoms with Crippen molar-refractivity contribution in [1.82, 2.24) is 9.55 Å². The molecule has 0 aliphatic heterocycles. The summed E-state index contributed by atoms with van der Waals surface area (Å²) in [7, 11) is 1.32.